The van der Waals surface area contributed by atoms with Crippen molar-refractivity contribution < 1.29 is 28.7 Å². The zero-order chi connectivity index (χ0) is 16.0. The van der Waals surface area contributed by atoms with Gasteiger partial charge in [-0.2, -0.15) is 0 Å². The van der Waals surface area contributed by atoms with Crippen LogP contribution in [-0.4, -0.2) is 16.5 Å². The molecule has 2 aliphatic heterocycles. The molecule has 4 fully saturated rings. The van der Waals surface area contributed by atoms with Crippen LogP contribution in [-0.2, 0) is 10.5 Å². The Balaban J connectivity index is 0.00000146. The summed E-state index contributed by atoms with van der Waals surface area (Å²) in [6.07, 6.45) is 4.81. The van der Waals surface area contributed by atoms with Crippen molar-refractivity contribution in [3.63, 3.8) is 0 Å². The van der Waals surface area contributed by atoms with Gasteiger partial charge in [-0.1, -0.05) is 50.3 Å². The van der Waals surface area contributed by atoms with Crippen molar-refractivity contribution in [1.29, 1.82) is 0 Å². The standard InChI is InChI=1S/C20H25NO2.Li/c1-18(2)14-11-15(18)19(3)16(12-14)21-17(22)9-10-20(21,23-19)13-7-5-4-6-8-13;/h4-9,14-16,22H,10-12H2,1-3H3;/q;+1/p-1/t14-,15-,16+,19-,20+;/m1./s1. The fourth-order valence-electron chi connectivity index (χ4n) is 6.10. The fourth-order valence-corrected chi connectivity index (χ4v) is 6.10. The molecule has 0 aromatic heterocycles. The van der Waals surface area contributed by atoms with Crippen LogP contribution in [0, 0.1) is 17.3 Å². The Morgan fingerprint density at radius 2 is 1.83 bits per heavy atom. The van der Waals surface area contributed by atoms with Crippen LogP contribution in [0.3, 0.4) is 0 Å². The second-order valence-electron chi connectivity index (χ2n) is 8.61. The summed E-state index contributed by atoms with van der Waals surface area (Å²) in [5, 5.41) is 12.7. The monoisotopic (exact) mass is 317 g/mol. The van der Waals surface area contributed by atoms with E-state index in [0.29, 0.717) is 23.7 Å². The smallest absolute Gasteiger partial charge is 0.860 e. The average Bonchev–Trinajstić information content (AvgIpc) is 2.99. The Morgan fingerprint density at radius 1 is 1.12 bits per heavy atom. The molecule has 1 aromatic carbocycles. The van der Waals surface area contributed by atoms with E-state index < -0.39 is 5.72 Å². The minimum Gasteiger partial charge on any atom is -0.860 e. The van der Waals surface area contributed by atoms with Crippen molar-refractivity contribution in [3.05, 3.63) is 47.9 Å². The van der Waals surface area contributed by atoms with Crippen molar-refractivity contribution in [2.45, 2.75) is 57.4 Å². The van der Waals surface area contributed by atoms with E-state index in [1.807, 2.05) is 24.3 Å². The van der Waals surface area contributed by atoms with Crippen molar-refractivity contribution in [2.75, 3.05) is 0 Å². The molecule has 0 amide bonds. The molecular weight excluding hydrogens is 293 g/mol. The van der Waals surface area contributed by atoms with Gasteiger partial charge < -0.3 is 14.7 Å². The summed E-state index contributed by atoms with van der Waals surface area (Å²) in [7, 11) is 0. The normalized spacial score (nSPS) is 44.0. The van der Waals surface area contributed by atoms with E-state index >= 15 is 0 Å². The molecule has 3 nitrogen and oxygen atoms in total. The third-order valence-corrected chi connectivity index (χ3v) is 7.44. The summed E-state index contributed by atoms with van der Waals surface area (Å²) in [5.74, 6) is 1.41. The molecule has 3 aliphatic carbocycles. The molecule has 5 atom stereocenters. The predicted molar refractivity (Wildman–Crippen MR) is 85.9 cm³/mol. The van der Waals surface area contributed by atoms with Gasteiger partial charge in [0.1, 0.15) is 0 Å². The first-order valence-corrected chi connectivity index (χ1v) is 8.82. The van der Waals surface area contributed by atoms with Crippen LogP contribution in [0.25, 0.3) is 0 Å². The first kappa shape index (κ1) is 16.6. The van der Waals surface area contributed by atoms with Gasteiger partial charge in [0.15, 0.2) is 5.72 Å². The average molecular weight is 317 g/mol. The zero-order valence-corrected chi connectivity index (χ0v) is 15.1. The molecule has 2 bridgehead atoms. The van der Waals surface area contributed by atoms with E-state index in [1.165, 1.54) is 6.42 Å². The van der Waals surface area contributed by atoms with Gasteiger partial charge in [0.2, 0.25) is 0 Å². The molecule has 2 heterocycles. The van der Waals surface area contributed by atoms with Gasteiger partial charge in [0, 0.05) is 12.0 Å². The summed E-state index contributed by atoms with van der Waals surface area (Å²) in [4.78, 5) is 2.08. The molecule has 0 N–H and O–H groups in total. The molecule has 1 aromatic rings. The van der Waals surface area contributed by atoms with E-state index in [9.17, 15) is 5.11 Å². The summed E-state index contributed by atoms with van der Waals surface area (Å²) in [5.41, 5.74) is 0.645. The van der Waals surface area contributed by atoms with Crippen molar-refractivity contribution >= 4 is 0 Å². The van der Waals surface area contributed by atoms with Crippen LogP contribution in [0.1, 0.15) is 45.6 Å². The van der Waals surface area contributed by atoms with Crippen LogP contribution in [0.4, 0.5) is 0 Å². The van der Waals surface area contributed by atoms with Crippen molar-refractivity contribution in [3.8, 4) is 0 Å². The van der Waals surface area contributed by atoms with Crippen molar-refractivity contribution in [1.82, 2.24) is 4.90 Å². The number of fused-ring (bicyclic) bond motifs is 1. The minimum atomic E-state index is -0.578. The van der Waals surface area contributed by atoms with Gasteiger partial charge in [0.25, 0.3) is 0 Å². The molecule has 6 rings (SSSR count). The quantitative estimate of drug-likeness (QED) is 0.683. The van der Waals surface area contributed by atoms with Crippen LogP contribution >= 0.6 is 0 Å². The summed E-state index contributed by atoms with van der Waals surface area (Å²) in [6.45, 7) is 7.02. The Morgan fingerprint density at radius 3 is 2.50 bits per heavy atom. The first-order valence-electron chi connectivity index (χ1n) is 8.82. The summed E-state index contributed by atoms with van der Waals surface area (Å²) >= 11 is 0. The fraction of sp³-hybridized carbons (Fsp3) is 0.600. The second kappa shape index (κ2) is 4.85. The largest absolute Gasteiger partial charge is 1.00 e. The predicted octanol–water partition coefficient (Wildman–Crippen LogP) is -0.0257. The molecule has 1 saturated heterocycles. The molecule has 3 saturated carbocycles. The van der Waals surface area contributed by atoms with E-state index in [1.54, 1.807) is 0 Å². The Labute approximate surface area is 156 Å². The third kappa shape index (κ3) is 1.69. The van der Waals surface area contributed by atoms with Gasteiger partial charge in [-0.15, -0.1) is 0 Å². The number of hydrogen-bond donors (Lipinski definition) is 0. The molecule has 24 heavy (non-hydrogen) atoms. The number of hydrogen-bond acceptors (Lipinski definition) is 3. The Hall–Kier alpha value is -0.883. The van der Waals surface area contributed by atoms with E-state index in [0.717, 1.165) is 12.0 Å². The summed E-state index contributed by atoms with van der Waals surface area (Å²) in [6, 6.07) is 10.5. The maximum atomic E-state index is 12.7. The number of nitrogens with zero attached hydrogens (tertiary/aromatic N) is 1. The SMILES string of the molecule is CC1(C)[C@H]2C[C@@H]3N4C([O-])=CC[C@@]4(c4ccccc4)O[C@]3(C)[C@@H]1C2.[Li+]. The molecule has 4 heteroatoms. The van der Waals surface area contributed by atoms with Gasteiger partial charge >= 0.3 is 18.9 Å². The maximum absolute atomic E-state index is 12.7. The maximum Gasteiger partial charge on any atom is 1.00 e. The van der Waals surface area contributed by atoms with Crippen molar-refractivity contribution in [2.24, 2.45) is 17.3 Å². The van der Waals surface area contributed by atoms with E-state index in [2.05, 4.69) is 37.8 Å². The number of rotatable bonds is 1. The molecule has 0 radical (unpaired) electrons. The topological polar surface area (TPSA) is 35.5 Å². The second-order valence-corrected chi connectivity index (χ2v) is 8.61. The van der Waals surface area contributed by atoms with E-state index in [-0.39, 0.29) is 36.4 Å². The van der Waals surface area contributed by atoms with Crippen LogP contribution in [0.5, 0.6) is 0 Å². The molecule has 122 valence electrons. The molecule has 0 spiro atoms. The first-order chi connectivity index (χ1) is 10.9. The van der Waals surface area contributed by atoms with Crippen LogP contribution < -0.4 is 24.0 Å². The van der Waals surface area contributed by atoms with Gasteiger partial charge in [0.05, 0.1) is 11.6 Å². The van der Waals surface area contributed by atoms with Gasteiger partial charge in [-0.05, 0) is 42.9 Å². The van der Waals surface area contributed by atoms with Crippen LogP contribution in [0.2, 0.25) is 0 Å². The third-order valence-electron chi connectivity index (χ3n) is 7.44. The Bertz CT molecular complexity index is 703. The minimum absolute atomic E-state index is 0. The van der Waals surface area contributed by atoms with E-state index in [4.69, 9.17) is 4.74 Å². The molecular formula is C20H24LiNO2. The molecule has 5 aliphatic rings. The molecule has 0 unspecified atom stereocenters. The number of benzene rings is 1. The zero-order valence-electron chi connectivity index (χ0n) is 15.1. The van der Waals surface area contributed by atoms with Gasteiger partial charge in [-0.25, -0.2) is 0 Å². The summed E-state index contributed by atoms with van der Waals surface area (Å²) < 4.78 is 6.88. The Kier molecular flexibility index (Phi) is 3.35. The number of ether oxygens (including phenoxy) is 1. The van der Waals surface area contributed by atoms with Crippen LogP contribution in [0.15, 0.2) is 42.3 Å². The van der Waals surface area contributed by atoms with Gasteiger partial charge in [-0.3, -0.25) is 0 Å².